The number of carbonyl (C=O) groups excluding carboxylic acids is 1. The molecule has 0 bridgehead atoms. The van der Waals surface area contributed by atoms with Gasteiger partial charge in [0.25, 0.3) is 0 Å². The molecular formula is C27H36ClN3O3. The minimum Gasteiger partial charge on any atom is -0.505 e. The van der Waals surface area contributed by atoms with Crippen LogP contribution in [-0.4, -0.2) is 26.1 Å². The summed E-state index contributed by atoms with van der Waals surface area (Å²) in [6.45, 7) is 8.19. The lowest BCUT2D eigenvalue weighted by Crippen LogP contribution is -2.15. The van der Waals surface area contributed by atoms with E-state index in [0.29, 0.717) is 39.5 Å². The average molecular weight is 486 g/mol. The minimum atomic E-state index is -0.380. The molecule has 1 aromatic heterocycles. The van der Waals surface area contributed by atoms with Crippen molar-refractivity contribution in [2.75, 3.05) is 0 Å². The zero-order valence-electron chi connectivity index (χ0n) is 20.7. The molecule has 1 N–H and O–H groups in total. The van der Waals surface area contributed by atoms with Gasteiger partial charge in [0.05, 0.1) is 0 Å². The molecule has 0 saturated carbocycles. The van der Waals surface area contributed by atoms with E-state index in [-0.39, 0.29) is 17.1 Å². The SMILES string of the molecule is CCCCCCCCCCC(=O)Oc1cc(-n2nc3ccc(Cl)cc3n2)c(O)c(C(C)(C)C)c1. The summed E-state index contributed by atoms with van der Waals surface area (Å²) in [5.74, 6) is 0.163. The Morgan fingerprint density at radius 3 is 2.29 bits per heavy atom. The van der Waals surface area contributed by atoms with Gasteiger partial charge in [-0.05, 0) is 36.1 Å². The van der Waals surface area contributed by atoms with Gasteiger partial charge in [-0.25, -0.2) is 0 Å². The first-order valence-electron chi connectivity index (χ1n) is 12.3. The van der Waals surface area contributed by atoms with Crippen LogP contribution in [0.25, 0.3) is 16.7 Å². The second kappa shape index (κ2) is 11.7. The number of ether oxygens (including phenoxy) is 1. The summed E-state index contributed by atoms with van der Waals surface area (Å²) in [5.41, 5.74) is 1.89. The highest BCUT2D eigenvalue weighted by Crippen LogP contribution is 2.38. The normalized spacial score (nSPS) is 11.8. The molecule has 0 aliphatic rings. The van der Waals surface area contributed by atoms with Crippen LogP contribution < -0.4 is 4.74 Å². The molecule has 0 aliphatic heterocycles. The van der Waals surface area contributed by atoms with Gasteiger partial charge in [0.2, 0.25) is 0 Å². The van der Waals surface area contributed by atoms with Gasteiger partial charge in [-0.15, -0.1) is 15.0 Å². The molecule has 0 saturated heterocycles. The Bertz CT molecular complexity index is 1120. The predicted molar refractivity (Wildman–Crippen MR) is 137 cm³/mol. The first-order chi connectivity index (χ1) is 16.2. The number of aromatic hydroxyl groups is 1. The van der Waals surface area contributed by atoms with Crippen LogP contribution in [-0.2, 0) is 10.2 Å². The number of aromatic nitrogens is 3. The van der Waals surface area contributed by atoms with E-state index < -0.39 is 0 Å². The van der Waals surface area contributed by atoms with Crippen molar-refractivity contribution in [1.29, 1.82) is 0 Å². The van der Waals surface area contributed by atoms with Crippen molar-refractivity contribution < 1.29 is 14.6 Å². The van der Waals surface area contributed by atoms with E-state index >= 15 is 0 Å². The van der Waals surface area contributed by atoms with Crippen molar-refractivity contribution in [1.82, 2.24) is 15.0 Å². The monoisotopic (exact) mass is 485 g/mol. The van der Waals surface area contributed by atoms with Gasteiger partial charge in [-0.3, -0.25) is 4.79 Å². The van der Waals surface area contributed by atoms with Crippen molar-refractivity contribution >= 4 is 28.6 Å². The topological polar surface area (TPSA) is 77.2 Å². The molecule has 1 heterocycles. The van der Waals surface area contributed by atoms with E-state index in [9.17, 15) is 9.90 Å². The summed E-state index contributed by atoms with van der Waals surface area (Å²) in [5, 5.41) is 20.5. The lowest BCUT2D eigenvalue weighted by atomic mass is 9.86. The fourth-order valence-corrected chi connectivity index (χ4v) is 4.12. The third-order valence-corrected chi connectivity index (χ3v) is 6.13. The van der Waals surface area contributed by atoms with E-state index in [1.165, 1.54) is 36.9 Å². The molecule has 0 amide bonds. The van der Waals surface area contributed by atoms with Crippen LogP contribution in [0.15, 0.2) is 30.3 Å². The van der Waals surface area contributed by atoms with Gasteiger partial charge in [0.15, 0.2) is 0 Å². The fraction of sp³-hybridized carbons (Fsp3) is 0.519. The first-order valence-corrected chi connectivity index (χ1v) is 12.7. The Morgan fingerprint density at radius 2 is 1.62 bits per heavy atom. The molecule has 184 valence electrons. The van der Waals surface area contributed by atoms with Crippen LogP contribution in [0.4, 0.5) is 0 Å². The van der Waals surface area contributed by atoms with Gasteiger partial charge in [0, 0.05) is 23.1 Å². The quantitative estimate of drug-likeness (QED) is 0.173. The second-order valence-electron chi connectivity index (χ2n) is 9.91. The smallest absolute Gasteiger partial charge is 0.311 e. The number of fused-ring (bicyclic) bond motifs is 1. The van der Waals surface area contributed by atoms with Gasteiger partial charge < -0.3 is 9.84 Å². The zero-order chi connectivity index (χ0) is 24.7. The number of halogens is 1. The molecule has 2 aromatic carbocycles. The van der Waals surface area contributed by atoms with Crippen molar-refractivity contribution in [3.8, 4) is 17.2 Å². The number of rotatable bonds is 11. The number of unbranched alkanes of at least 4 members (excludes halogenated alkanes) is 7. The summed E-state index contributed by atoms with van der Waals surface area (Å²) in [6.07, 6.45) is 9.71. The Morgan fingerprint density at radius 1 is 0.971 bits per heavy atom. The maximum atomic E-state index is 12.5. The van der Waals surface area contributed by atoms with Crippen LogP contribution in [0, 0.1) is 0 Å². The molecule has 0 unspecified atom stereocenters. The highest BCUT2D eigenvalue weighted by atomic mass is 35.5. The molecule has 0 fully saturated rings. The van der Waals surface area contributed by atoms with Crippen LogP contribution in [0.2, 0.25) is 5.02 Å². The summed E-state index contributed by atoms with van der Waals surface area (Å²) in [6, 6.07) is 8.57. The predicted octanol–water partition coefficient (Wildman–Crippen LogP) is 7.51. The van der Waals surface area contributed by atoms with Gasteiger partial charge in [-0.1, -0.05) is 84.2 Å². The lowest BCUT2D eigenvalue weighted by Gasteiger charge is -2.22. The fourth-order valence-electron chi connectivity index (χ4n) is 3.96. The number of hydrogen-bond acceptors (Lipinski definition) is 5. The molecule has 7 heteroatoms. The van der Waals surface area contributed by atoms with Crippen LogP contribution >= 0.6 is 11.6 Å². The van der Waals surface area contributed by atoms with Crippen molar-refractivity contribution in [2.45, 2.75) is 90.9 Å². The van der Waals surface area contributed by atoms with E-state index in [0.717, 1.165) is 19.3 Å². The third-order valence-electron chi connectivity index (χ3n) is 5.90. The molecule has 3 rings (SSSR count). The third kappa shape index (κ3) is 6.95. The van der Waals surface area contributed by atoms with Gasteiger partial charge in [-0.2, -0.15) is 0 Å². The van der Waals surface area contributed by atoms with E-state index in [4.69, 9.17) is 16.3 Å². The van der Waals surface area contributed by atoms with Crippen molar-refractivity contribution in [3.05, 3.63) is 40.9 Å². The second-order valence-corrected chi connectivity index (χ2v) is 10.3. The Hall–Kier alpha value is -2.60. The number of phenols is 1. The average Bonchev–Trinajstić information content (AvgIpc) is 3.18. The number of carbonyl (C=O) groups is 1. The van der Waals surface area contributed by atoms with E-state index in [2.05, 4.69) is 17.1 Å². The lowest BCUT2D eigenvalue weighted by molar-refractivity contribution is -0.134. The number of hydrogen-bond donors (Lipinski definition) is 1. The highest BCUT2D eigenvalue weighted by molar-refractivity contribution is 6.31. The van der Waals surface area contributed by atoms with Crippen molar-refractivity contribution in [3.63, 3.8) is 0 Å². The Kier molecular flexibility index (Phi) is 8.95. The highest BCUT2D eigenvalue weighted by Gasteiger charge is 2.24. The van der Waals surface area contributed by atoms with Gasteiger partial charge in [0.1, 0.15) is 28.2 Å². The minimum absolute atomic E-state index is 0.0572. The standard InChI is InChI=1S/C27H36ClN3O3/c1-5-6-7-8-9-10-11-12-13-25(32)34-20-17-21(27(2,3)4)26(33)24(18-20)31-29-22-15-14-19(28)16-23(22)30-31/h14-18,33H,5-13H2,1-4H3. The Labute approximate surface area is 207 Å². The summed E-state index contributed by atoms with van der Waals surface area (Å²) >= 11 is 6.08. The summed E-state index contributed by atoms with van der Waals surface area (Å²) in [7, 11) is 0. The van der Waals surface area contributed by atoms with Crippen molar-refractivity contribution in [2.24, 2.45) is 0 Å². The molecule has 6 nitrogen and oxygen atoms in total. The number of nitrogens with zero attached hydrogens (tertiary/aromatic N) is 3. The van der Waals surface area contributed by atoms with Crippen LogP contribution in [0.5, 0.6) is 11.5 Å². The first kappa shape index (κ1) is 26.0. The number of phenolic OH excluding ortho intramolecular Hbond substituents is 1. The summed E-state index contributed by atoms with van der Waals surface area (Å²) in [4.78, 5) is 13.9. The van der Waals surface area contributed by atoms with Crippen LogP contribution in [0.1, 0.15) is 91.0 Å². The molecule has 0 aliphatic carbocycles. The molecule has 0 radical (unpaired) electrons. The molecule has 3 aromatic rings. The summed E-state index contributed by atoms with van der Waals surface area (Å²) < 4.78 is 5.68. The van der Waals surface area contributed by atoms with Crippen LogP contribution in [0.3, 0.4) is 0 Å². The largest absolute Gasteiger partial charge is 0.505 e. The zero-order valence-corrected chi connectivity index (χ0v) is 21.5. The maximum absolute atomic E-state index is 12.5. The number of esters is 1. The maximum Gasteiger partial charge on any atom is 0.311 e. The van der Waals surface area contributed by atoms with E-state index in [1.54, 1.807) is 30.3 Å². The number of benzene rings is 2. The van der Waals surface area contributed by atoms with E-state index in [1.807, 2.05) is 20.8 Å². The Balaban J connectivity index is 1.73. The molecule has 0 spiro atoms. The molecule has 0 atom stereocenters. The molecular weight excluding hydrogens is 450 g/mol. The van der Waals surface area contributed by atoms with Gasteiger partial charge >= 0.3 is 5.97 Å². The molecule has 34 heavy (non-hydrogen) atoms.